The van der Waals surface area contributed by atoms with Crippen LogP contribution in [0, 0.1) is 5.82 Å². The highest BCUT2D eigenvalue weighted by atomic mass is 35.5. The number of nitrogens with two attached hydrogens (primary N) is 1. The largest absolute Gasteiger partial charge is 0.389 e. The smallest absolute Gasteiger partial charge is 0.220 e. The number of hydrogen-bond acceptors (Lipinski definition) is 4. The van der Waals surface area contributed by atoms with Crippen molar-refractivity contribution in [3.63, 3.8) is 0 Å². The number of hydrogen-bond donors (Lipinski definition) is 3. The molecule has 0 bridgehead atoms. The Morgan fingerprint density at radius 1 is 1.62 bits per heavy atom. The fraction of sp³-hybridized carbons (Fsp3) is 0.333. The van der Waals surface area contributed by atoms with Gasteiger partial charge in [-0.2, -0.15) is 0 Å². The first-order chi connectivity index (χ1) is 7.41. The first-order valence-corrected chi connectivity index (χ1v) is 4.75. The van der Waals surface area contributed by atoms with Crippen molar-refractivity contribution >= 4 is 17.5 Å². The zero-order valence-electron chi connectivity index (χ0n) is 8.10. The number of aliphatic hydroxyl groups excluding tert-OH is 2. The Kier molecular flexibility index (Phi) is 4.17. The van der Waals surface area contributed by atoms with Gasteiger partial charge in [0, 0.05) is 6.20 Å². The second-order valence-electron chi connectivity index (χ2n) is 3.20. The summed E-state index contributed by atoms with van der Waals surface area (Å²) in [6.45, 7) is 0. The number of pyridine rings is 1. The summed E-state index contributed by atoms with van der Waals surface area (Å²) in [6.07, 6.45) is -2.48. The van der Waals surface area contributed by atoms with E-state index < -0.39 is 30.4 Å². The molecule has 1 aromatic rings. The van der Waals surface area contributed by atoms with Crippen molar-refractivity contribution in [1.29, 1.82) is 0 Å². The maximum absolute atomic E-state index is 13.3. The first-order valence-electron chi connectivity index (χ1n) is 4.37. The fourth-order valence-corrected chi connectivity index (χ4v) is 1.29. The molecule has 4 N–H and O–H groups in total. The van der Waals surface area contributed by atoms with Gasteiger partial charge in [0.15, 0.2) is 0 Å². The van der Waals surface area contributed by atoms with E-state index in [2.05, 4.69) is 4.98 Å². The van der Waals surface area contributed by atoms with E-state index in [9.17, 15) is 19.4 Å². The summed E-state index contributed by atoms with van der Waals surface area (Å²) in [5.41, 5.74) is 4.45. The Hall–Kier alpha value is -1.24. The minimum absolute atomic E-state index is 0.0674. The highest BCUT2D eigenvalue weighted by molar-refractivity contribution is 6.30. The van der Waals surface area contributed by atoms with Crippen LogP contribution < -0.4 is 5.73 Å². The summed E-state index contributed by atoms with van der Waals surface area (Å²) >= 11 is 5.46. The molecule has 2 unspecified atom stereocenters. The average Bonchev–Trinajstić information content (AvgIpc) is 2.15. The summed E-state index contributed by atoms with van der Waals surface area (Å²) in [7, 11) is 0. The maximum Gasteiger partial charge on any atom is 0.220 e. The predicted octanol–water partition coefficient (Wildman–Crippen LogP) is 0.144. The van der Waals surface area contributed by atoms with Crippen molar-refractivity contribution < 1.29 is 19.4 Å². The first kappa shape index (κ1) is 12.8. The van der Waals surface area contributed by atoms with Crippen molar-refractivity contribution in [2.45, 2.75) is 18.6 Å². The van der Waals surface area contributed by atoms with Gasteiger partial charge in [-0.15, -0.1) is 0 Å². The van der Waals surface area contributed by atoms with Crippen molar-refractivity contribution in [2.24, 2.45) is 5.73 Å². The van der Waals surface area contributed by atoms with Gasteiger partial charge in [-0.25, -0.2) is 4.39 Å². The number of amides is 1. The Balaban J connectivity index is 2.87. The molecule has 0 radical (unpaired) electrons. The van der Waals surface area contributed by atoms with E-state index in [1.807, 2.05) is 0 Å². The van der Waals surface area contributed by atoms with Crippen LogP contribution >= 0.6 is 11.6 Å². The summed E-state index contributed by atoms with van der Waals surface area (Å²) in [5, 5.41) is 18.9. The number of aliphatic hydroxyl groups is 2. The highest BCUT2D eigenvalue weighted by Gasteiger charge is 2.24. The summed E-state index contributed by atoms with van der Waals surface area (Å²) < 4.78 is 13.3. The van der Waals surface area contributed by atoms with Crippen LogP contribution in [0.15, 0.2) is 12.3 Å². The summed E-state index contributed by atoms with van der Waals surface area (Å²) in [4.78, 5) is 14.0. The van der Waals surface area contributed by atoms with Crippen LogP contribution in [0.5, 0.6) is 0 Å². The van der Waals surface area contributed by atoms with E-state index in [1.165, 1.54) is 0 Å². The Morgan fingerprint density at radius 2 is 2.25 bits per heavy atom. The van der Waals surface area contributed by atoms with Crippen molar-refractivity contribution in [3.8, 4) is 0 Å². The second kappa shape index (κ2) is 5.20. The molecule has 0 saturated carbocycles. The normalized spacial score (nSPS) is 14.5. The van der Waals surface area contributed by atoms with Gasteiger partial charge in [-0.05, 0) is 6.07 Å². The molecule has 1 amide bonds. The Labute approximate surface area is 95.7 Å². The third kappa shape index (κ3) is 3.13. The lowest BCUT2D eigenvalue weighted by Gasteiger charge is -2.16. The molecule has 7 heteroatoms. The van der Waals surface area contributed by atoms with Gasteiger partial charge in [0.1, 0.15) is 17.6 Å². The minimum atomic E-state index is -1.62. The third-order valence-corrected chi connectivity index (χ3v) is 2.10. The molecular formula is C9H10ClFN2O3. The molecule has 0 aliphatic carbocycles. The van der Waals surface area contributed by atoms with E-state index in [4.69, 9.17) is 17.3 Å². The molecule has 16 heavy (non-hydrogen) atoms. The molecule has 0 aliphatic rings. The van der Waals surface area contributed by atoms with Crippen LogP contribution in [0.2, 0.25) is 5.02 Å². The number of halogens is 2. The average molecular weight is 249 g/mol. The van der Waals surface area contributed by atoms with Crippen LogP contribution in [0.4, 0.5) is 4.39 Å². The van der Waals surface area contributed by atoms with E-state index in [0.29, 0.717) is 0 Å². The van der Waals surface area contributed by atoms with Crippen LogP contribution in [-0.2, 0) is 4.79 Å². The molecule has 1 heterocycles. The number of aromatic nitrogens is 1. The number of carbonyl (C=O) groups is 1. The molecule has 1 aromatic heterocycles. The summed E-state index contributed by atoms with van der Waals surface area (Å²) in [5.74, 6) is -1.66. The molecule has 5 nitrogen and oxygen atoms in total. The van der Waals surface area contributed by atoms with E-state index >= 15 is 0 Å². The van der Waals surface area contributed by atoms with Gasteiger partial charge in [0.25, 0.3) is 0 Å². The number of carbonyl (C=O) groups excluding carboxylic acids is 1. The lowest BCUT2D eigenvalue weighted by Crippen LogP contribution is -2.26. The van der Waals surface area contributed by atoms with Gasteiger partial charge in [-0.1, -0.05) is 11.6 Å². The van der Waals surface area contributed by atoms with E-state index in [1.54, 1.807) is 0 Å². The molecule has 0 aliphatic heterocycles. The number of primary amides is 1. The third-order valence-electron chi connectivity index (χ3n) is 1.89. The monoisotopic (exact) mass is 248 g/mol. The van der Waals surface area contributed by atoms with Crippen molar-refractivity contribution in [1.82, 2.24) is 4.98 Å². The number of nitrogens with zero attached hydrogens (tertiary/aromatic N) is 1. The lowest BCUT2D eigenvalue weighted by molar-refractivity contribution is -0.121. The van der Waals surface area contributed by atoms with Gasteiger partial charge in [0.2, 0.25) is 5.91 Å². The van der Waals surface area contributed by atoms with Crippen LogP contribution in [0.25, 0.3) is 0 Å². The van der Waals surface area contributed by atoms with Gasteiger partial charge < -0.3 is 15.9 Å². The fourth-order valence-electron chi connectivity index (χ4n) is 1.14. The molecule has 2 atom stereocenters. The van der Waals surface area contributed by atoms with Gasteiger partial charge in [0.05, 0.1) is 17.5 Å². The van der Waals surface area contributed by atoms with Crippen molar-refractivity contribution in [3.05, 3.63) is 28.8 Å². The van der Waals surface area contributed by atoms with Crippen LogP contribution in [0.1, 0.15) is 18.2 Å². The SMILES string of the molecule is NC(=O)CC(O)C(O)c1ncc(Cl)cc1F. The minimum Gasteiger partial charge on any atom is -0.389 e. The van der Waals surface area contributed by atoms with Crippen molar-refractivity contribution in [2.75, 3.05) is 0 Å². The quantitative estimate of drug-likeness (QED) is 0.706. The van der Waals surface area contributed by atoms with Crippen LogP contribution in [0.3, 0.4) is 0 Å². The Bertz CT molecular complexity index is 402. The van der Waals surface area contributed by atoms with Gasteiger partial charge in [-0.3, -0.25) is 9.78 Å². The molecule has 1 rings (SSSR count). The molecule has 0 fully saturated rings. The lowest BCUT2D eigenvalue weighted by atomic mass is 10.1. The molecule has 0 saturated heterocycles. The molecular weight excluding hydrogens is 239 g/mol. The zero-order chi connectivity index (χ0) is 12.3. The topological polar surface area (TPSA) is 96.4 Å². The summed E-state index contributed by atoms with van der Waals surface area (Å²) in [6, 6.07) is 0.949. The second-order valence-corrected chi connectivity index (χ2v) is 3.64. The van der Waals surface area contributed by atoms with E-state index in [0.717, 1.165) is 12.3 Å². The molecule has 0 spiro atoms. The standard InChI is InChI=1S/C9H10ClFN2O3/c10-4-1-5(11)8(13-3-4)9(16)6(14)2-7(12)15/h1,3,6,9,14,16H,2H2,(H2,12,15). The predicted molar refractivity (Wildman–Crippen MR) is 54.0 cm³/mol. The number of rotatable bonds is 4. The molecule has 0 aromatic carbocycles. The van der Waals surface area contributed by atoms with Crippen LogP contribution in [-0.4, -0.2) is 27.2 Å². The zero-order valence-corrected chi connectivity index (χ0v) is 8.86. The molecule has 88 valence electrons. The maximum atomic E-state index is 13.3. The Morgan fingerprint density at radius 3 is 2.75 bits per heavy atom. The van der Waals surface area contributed by atoms with Gasteiger partial charge >= 0.3 is 0 Å². The highest BCUT2D eigenvalue weighted by Crippen LogP contribution is 2.21. The van der Waals surface area contributed by atoms with E-state index in [-0.39, 0.29) is 10.7 Å².